The highest BCUT2D eigenvalue weighted by Gasteiger charge is 2.53. The van der Waals surface area contributed by atoms with Crippen LogP contribution in [0.15, 0.2) is 30.3 Å². The molecule has 0 nitrogen and oxygen atoms in total. The van der Waals surface area contributed by atoms with E-state index in [1.807, 2.05) is 0 Å². The summed E-state index contributed by atoms with van der Waals surface area (Å²) in [6.45, 7) is 0. The molecule has 21 heavy (non-hydrogen) atoms. The number of hydrogen-bond donors (Lipinski definition) is 1. The Labute approximate surface area is 135 Å². The maximum Gasteiger partial charge on any atom is 0.00737 e. The van der Waals surface area contributed by atoms with Gasteiger partial charge in [-0.2, -0.15) is 12.6 Å². The van der Waals surface area contributed by atoms with Gasteiger partial charge in [-0.3, -0.25) is 0 Å². The lowest BCUT2D eigenvalue weighted by Gasteiger charge is -2.59. The molecule has 0 heterocycles. The molecule has 0 amide bonds. The Bertz CT molecular complexity index is 443. The zero-order chi connectivity index (χ0) is 14.3. The first kappa shape index (κ1) is 14.2. The predicted molar refractivity (Wildman–Crippen MR) is 92.8 cm³/mol. The first-order chi connectivity index (χ1) is 10.2. The number of benzene rings is 1. The van der Waals surface area contributed by atoms with Gasteiger partial charge in [0.25, 0.3) is 0 Å². The minimum Gasteiger partial charge on any atom is -0.175 e. The molecule has 0 aliphatic heterocycles. The van der Waals surface area contributed by atoms with Crippen molar-refractivity contribution in [3.63, 3.8) is 0 Å². The van der Waals surface area contributed by atoms with Gasteiger partial charge in [0.2, 0.25) is 0 Å². The molecule has 1 atom stereocenters. The van der Waals surface area contributed by atoms with Crippen molar-refractivity contribution in [1.82, 2.24) is 0 Å². The van der Waals surface area contributed by atoms with Gasteiger partial charge in [0.15, 0.2) is 0 Å². The lowest BCUT2D eigenvalue weighted by molar-refractivity contribution is -0.0541. The minimum atomic E-state index is 0.620. The molecule has 1 heteroatoms. The monoisotopic (exact) mass is 300 g/mol. The molecule has 4 aliphatic carbocycles. The molecule has 0 aromatic heterocycles. The summed E-state index contributed by atoms with van der Waals surface area (Å²) in [4.78, 5) is 0. The van der Waals surface area contributed by atoms with Gasteiger partial charge in [0, 0.05) is 5.25 Å². The number of rotatable bonds is 5. The van der Waals surface area contributed by atoms with Gasteiger partial charge >= 0.3 is 0 Å². The van der Waals surface area contributed by atoms with Crippen LogP contribution in [0.5, 0.6) is 0 Å². The van der Waals surface area contributed by atoms with Crippen LogP contribution in [-0.4, -0.2) is 5.25 Å². The molecular weight excluding hydrogens is 272 g/mol. The standard InChI is InChI=1S/C20H28S/c21-19(8-4-7-15-5-2-1-3-6-15)20-12-16-9-17(13-20)11-18(10-16)14-20/h1-3,5-6,16-19,21H,4,7-14H2. The highest BCUT2D eigenvalue weighted by Crippen LogP contribution is 2.62. The average Bonchev–Trinajstić information content (AvgIpc) is 2.47. The third-order valence-electron chi connectivity index (χ3n) is 6.58. The van der Waals surface area contributed by atoms with E-state index >= 15 is 0 Å². The van der Waals surface area contributed by atoms with Gasteiger partial charge in [-0.05, 0) is 86.5 Å². The fourth-order valence-electron chi connectivity index (χ4n) is 6.04. The Morgan fingerprint density at radius 3 is 2.10 bits per heavy atom. The average molecular weight is 301 g/mol. The molecule has 1 unspecified atom stereocenters. The zero-order valence-electron chi connectivity index (χ0n) is 13.0. The van der Waals surface area contributed by atoms with E-state index in [1.165, 1.54) is 44.1 Å². The van der Waals surface area contributed by atoms with Crippen molar-refractivity contribution in [1.29, 1.82) is 0 Å². The Balaban J connectivity index is 1.35. The van der Waals surface area contributed by atoms with Crippen molar-refractivity contribution in [3.05, 3.63) is 35.9 Å². The quantitative estimate of drug-likeness (QED) is 0.680. The van der Waals surface area contributed by atoms with Crippen molar-refractivity contribution in [3.8, 4) is 0 Å². The van der Waals surface area contributed by atoms with E-state index in [0.29, 0.717) is 10.7 Å². The summed E-state index contributed by atoms with van der Waals surface area (Å²) in [6.07, 6.45) is 13.0. The maximum absolute atomic E-state index is 5.12. The summed E-state index contributed by atoms with van der Waals surface area (Å²) in [6, 6.07) is 11.0. The highest BCUT2D eigenvalue weighted by molar-refractivity contribution is 7.81. The molecule has 4 aliphatic rings. The van der Waals surface area contributed by atoms with Crippen molar-refractivity contribution >= 4 is 12.6 Å². The van der Waals surface area contributed by atoms with E-state index in [9.17, 15) is 0 Å². The van der Waals surface area contributed by atoms with E-state index < -0.39 is 0 Å². The molecule has 114 valence electrons. The maximum atomic E-state index is 5.12. The Hall–Kier alpha value is -0.430. The lowest BCUT2D eigenvalue weighted by atomic mass is 9.48. The highest BCUT2D eigenvalue weighted by atomic mass is 32.1. The van der Waals surface area contributed by atoms with Crippen molar-refractivity contribution in [2.75, 3.05) is 0 Å². The lowest BCUT2D eigenvalue weighted by Crippen LogP contribution is -2.50. The van der Waals surface area contributed by atoms with Crippen LogP contribution in [0.3, 0.4) is 0 Å². The van der Waals surface area contributed by atoms with Crippen LogP contribution in [0.4, 0.5) is 0 Å². The van der Waals surface area contributed by atoms with Crippen molar-refractivity contribution < 1.29 is 0 Å². The normalized spacial score (nSPS) is 38.6. The molecule has 4 bridgehead atoms. The van der Waals surface area contributed by atoms with Crippen LogP contribution in [0.2, 0.25) is 0 Å². The van der Waals surface area contributed by atoms with Crippen LogP contribution in [0.1, 0.15) is 56.9 Å². The molecule has 0 spiro atoms. The Kier molecular flexibility index (Phi) is 3.81. The van der Waals surface area contributed by atoms with E-state index in [-0.39, 0.29) is 0 Å². The number of thiol groups is 1. The first-order valence-corrected chi connectivity index (χ1v) is 9.47. The van der Waals surface area contributed by atoms with E-state index in [0.717, 1.165) is 17.8 Å². The van der Waals surface area contributed by atoms with Crippen LogP contribution >= 0.6 is 12.6 Å². The largest absolute Gasteiger partial charge is 0.175 e. The van der Waals surface area contributed by atoms with Crippen LogP contribution in [0.25, 0.3) is 0 Å². The van der Waals surface area contributed by atoms with E-state index in [2.05, 4.69) is 30.3 Å². The molecule has 5 rings (SSSR count). The summed E-state index contributed by atoms with van der Waals surface area (Å²) in [7, 11) is 0. The molecule has 4 saturated carbocycles. The third kappa shape index (κ3) is 2.79. The fraction of sp³-hybridized carbons (Fsp3) is 0.700. The second-order valence-electron chi connectivity index (χ2n) is 8.17. The van der Waals surface area contributed by atoms with Gasteiger partial charge in [-0.15, -0.1) is 0 Å². The molecule has 4 fully saturated rings. The summed E-state index contributed by atoms with van der Waals surface area (Å²) in [5.41, 5.74) is 2.11. The summed E-state index contributed by atoms with van der Waals surface area (Å²) < 4.78 is 0. The van der Waals surface area contributed by atoms with Crippen LogP contribution in [0, 0.1) is 23.2 Å². The molecule has 0 N–H and O–H groups in total. The van der Waals surface area contributed by atoms with Crippen molar-refractivity contribution in [2.45, 2.75) is 63.0 Å². The van der Waals surface area contributed by atoms with Crippen LogP contribution in [-0.2, 0) is 6.42 Å². The van der Waals surface area contributed by atoms with Gasteiger partial charge in [-0.1, -0.05) is 30.3 Å². The predicted octanol–water partition coefficient (Wildman–Crippen LogP) is 5.52. The van der Waals surface area contributed by atoms with Gasteiger partial charge in [0.1, 0.15) is 0 Å². The summed E-state index contributed by atoms with van der Waals surface area (Å²) in [5, 5.41) is 0.648. The second-order valence-corrected chi connectivity index (χ2v) is 8.80. The molecule has 1 aromatic carbocycles. The summed E-state index contributed by atoms with van der Waals surface area (Å²) in [5.74, 6) is 3.17. The smallest absolute Gasteiger partial charge is 0.00737 e. The molecule has 1 aromatic rings. The van der Waals surface area contributed by atoms with E-state index in [4.69, 9.17) is 12.6 Å². The van der Waals surface area contributed by atoms with E-state index in [1.54, 1.807) is 19.3 Å². The number of aryl methyl sites for hydroxylation is 1. The molecule has 0 radical (unpaired) electrons. The van der Waals surface area contributed by atoms with Crippen molar-refractivity contribution in [2.24, 2.45) is 23.2 Å². The van der Waals surface area contributed by atoms with Gasteiger partial charge in [0.05, 0.1) is 0 Å². The fourth-order valence-corrected chi connectivity index (χ4v) is 6.53. The van der Waals surface area contributed by atoms with Gasteiger partial charge < -0.3 is 0 Å². The molecular formula is C20H28S. The molecule has 0 saturated heterocycles. The van der Waals surface area contributed by atoms with Crippen LogP contribution < -0.4 is 0 Å². The first-order valence-electron chi connectivity index (χ1n) is 8.95. The third-order valence-corrected chi connectivity index (χ3v) is 7.38. The topological polar surface area (TPSA) is 0 Å². The Morgan fingerprint density at radius 1 is 0.952 bits per heavy atom. The zero-order valence-corrected chi connectivity index (χ0v) is 13.9. The summed E-state index contributed by atoms with van der Waals surface area (Å²) >= 11 is 5.12. The minimum absolute atomic E-state index is 0.620. The van der Waals surface area contributed by atoms with Gasteiger partial charge in [-0.25, -0.2) is 0 Å². The number of hydrogen-bond acceptors (Lipinski definition) is 1. The second kappa shape index (κ2) is 5.65. The SMILES string of the molecule is SC(CCCc1ccccc1)C12CC3CC(CC(C3)C1)C2. The Morgan fingerprint density at radius 2 is 1.52 bits per heavy atom.